The summed E-state index contributed by atoms with van der Waals surface area (Å²) >= 11 is 0. The highest BCUT2D eigenvalue weighted by atomic mass is 16.5. The second-order valence-corrected chi connectivity index (χ2v) is 5.64. The molecule has 0 fully saturated rings. The van der Waals surface area contributed by atoms with Gasteiger partial charge in [-0.2, -0.15) is 4.98 Å². The van der Waals surface area contributed by atoms with Gasteiger partial charge >= 0.3 is 5.97 Å². The molecule has 3 rings (SSSR count). The Balaban J connectivity index is 1.60. The number of ether oxygens (including phenoxy) is 1. The number of carbonyl (C=O) groups is 2. The van der Waals surface area contributed by atoms with Crippen LogP contribution in [0.4, 0.5) is 5.69 Å². The number of aromatic nitrogens is 2. The van der Waals surface area contributed by atoms with Crippen molar-refractivity contribution in [1.29, 1.82) is 0 Å². The highest BCUT2D eigenvalue weighted by Gasteiger charge is 2.14. The van der Waals surface area contributed by atoms with E-state index in [1.807, 2.05) is 12.1 Å². The van der Waals surface area contributed by atoms with E-state index in [0.717, 1.165) is 11.3 Å². The highest BCUT2D eigenvalue weighted by Crippen LogP contribution is 2.20. The van der Waals surface area contributed by atoms with Crippen LogP contribution in [0.2, 0.25) is 0 Å². The lowest BCUT2D eigenvalue weighted by molar-refractivity contribution is -0.116. The van der Waals surface area contributed by atoms with Gasteiger partial charge in [0.2, 0.25) is 17.6 Å². The lowest BCUT2D eigenvalue weighted by Gasteiger charge is -2.07. The van der Waals surface area contributed by atoms with E-state index in [2.05, 4.69) is 15.5 Å². The van der Waals surface area contributed by atoms with Crippen molar-refractivity contribution in [1.82, 2.24) is 10.1 Å². The van der Waals surface area contributed by atoms with E-state index < -0.39 is 5.97 Å². The third kappa shape index (κ3) is 4.49. The van der Waals surface area contributed by atoms with Crippen molar-refractivity contribution in [2.45, 2.75) is 12.8 Å². The molecule has 0 radical (unpaired) electrons. The number of anilines is 1. The number of carboxylic acid groups (broad SMARTS) is 1. The number of methoxy groups -OCH3 is 1. The predicted molar refractivity (Wildman–Crippen MR) is 96.6 cm³/mol. The van der Waals surface area contributed by atoms with Crippen molar-refractivity contribution in [2.24, 2.45) is 0 Å². The van der Waals surface area contributed by atoms with Crippen molar-refractivity contribution >= 4 is 17.6 Å². The molecule has 8 heteroatoms. The second-order valence-electron chi connectivity index (χ2n) is 5.64. The summed E-state index contributed by atoms with van der Waals surface area (Å²) in [4.78, 5) is 27.5. The minimum Gasteiger partial charge on any atom is -0.497 e. The maximum Gasteiger partial charge on any atom is 0.337 e. The number of benzene rings is 2. The molecule has 138 valence electrons. The molecule has 0 spiro atoms. The van der Waals surface area contributed by atoms with Crippen LogP contribution in [0.1, 0.15) is 22.7 Å². The maximum absolute atomic E-state index is 12.1. The van der Waals surface area contributed by atoms with Crippen molar-refractivity contribution in [3.05, 3.63) is 60.0 Å². The largest absolute Gasteiger partial charge is 0.497 e. The van der Waals surface area contributed by atoms with Gasteiger partial charge in [-0.15, -0.1) is 0 Å². The number of carboxylic acids is 1. The topological polar surface area (TPSA) is 115 Å². The first-order valence-corrected chi connectivity index (χ1v) is 8.16. The molecule has 0 saturated carbocycles. The normalized spacial score (nSPS) is 10.4. The minimum atomic E-state index is -1.10. The molecule has 2 aromatic carbocycles. The number of aromatic carboxylic acids is 1. The number of amides is 1. The fourth-order valence-corrected chi connectivity index (χ4v) is 2.43. The summed E-state index contributed by atoms with van der Waals surface area (Å²) in [6.45, 7) is 0. The molecular weight excluding hydrogens is 350 g/mol. The Kier molecular flexibility index (Phi) is 5.46. The lowest BCUT2D eigenvalue weighted by Crippen LogP contribution is -2.15. The van der Waals surface area contributed by atoms with E-state index in [9.17, 15) is 9.59 Å². The number of rotatable bonds is 7. The molecule has 0 aliphatic carbocycles. The van der Waals surface area contributed by atoms with Gasteiger partial charge in [-0.25, -0.2) is 4.79 Å². The van der Waals surface area contributed by atoms with Crippen LogP contribution >= 0.6 is 0 Å². The summed E-state index contributed by atoms with van der Waals surface area (Å²) in [6, 6.07) is 13.4. The second kappa shape index (κ2) is 8.13. The third-order valence-corrected chi connectivity index (χ3v) is 3.81. The Morgan fingerprint density at radius 1 is 1.15 bits per heavy atom. The Labute approximate surface area is 154 Å². The Morgan fingerprint density at radius 2 is 1.89 bits per heavy atom. The summed E-state index contributed by atoms with van der Waals surface area (Å²) in [5, 5.41) is 15.6. The van der Waals surface area contributed by atoms with E-state index in [0.29, 0.717) is 11.7 Å². The zero-order valence-electron chi connectivity index (χ0n) is 14.5. The van der Waals surface area contributed by atoms with E-state index in [4.69, 9.17) is 14.4 Å². The van der Waals surface area contributed by atoms with Crippen molar-refractivity contribution in [2.75, 3.05) is 12.4 Å². The van der Waals surface area contributed by atoms with Gasteiger partial charge in [0.05, 0.1) is 18.4 Å². The molecular formula is C19H17N3O5. The molecule has 0 bridgehead atoms. The van der Waals surface area contributed by atoms with Gasteiger partial charge in [-0.05, 0) is 36.4 Å². The average Bonchev–Trinajstić information content (AvgIpc) is 3.16. The molecule has 8 nitrogen and oxygen atoms in total. The number of nitrogens with zero attached hydrogens (tertiary/aromatic N) is 2. The SMILES string of the molecule is COc1ccc(-c2noc(CCC(=O)Nc3ccccc3C(=O)O)n2)cc1. The standard InChI is InChI=1S/C19H17N3O5/c1-26-13-8-6-12(7-9-13)18-21-17(27-22-18)11-10-16(23)20-15-5-3-2-4-14(15)19(24)25/h2-9H,10-11H2,1H3,(H,20,23)(H,24,25). The van der Waals surface area contributed by atoms with Crippen LogP contribution < -0.4 is 10.1 Å². The van der Waals surface area contributed by atoms with Gasteiger partial charge in [0.15, 0.2) is 0 Å². The molecule has 1 amide bonds. The first-order valence-electron chi connectivity index (χ1n) is 8.16. The van der Waals surface area contributed by atoms with Crippen LogP contribution in [0.3, 0.4) is 0 Å². The molecule has 27 heavy (non-hydrogen) atoms. The minimum absolute atomic E-state index is 0.0328. The van der Waals surface area contributed by atoms with Crippen LogP contribution in [0.25, 0.3) is 11.4 Å². The molecule has 0 unspecified atom stereocenters. The Bertz CT molecular complexity index is 950. The quantitative estimate of drug-likeness (QED) is 0.659. The first-order chi connectivity index (χ1) is 13.1. The maximum atomic E-state index is 12.1. The van der Waals surface area contributed by atoms with Gasteiger partial charge in [-0.3, -0.25) is 4.79 Å². The molecule has 1 aromatic heterocycles. The van der Waals surface area contributed by atoms with Crippen molar-refractivity contribution in [3.8, 4) is 17.1 Å². The molecule has 3 aromatic rings. The lowest BCUT2D eigenvalue weighted by atomic mass is 10.1. The third-order valence-electron chi connectivity index (χ3n) is 3.81. The molecule has 0 aliphatic heterocycles. The zero-order chi connectivity index (χ0) is 19.2. The number of hydrogen-bond acceptors (Lipinski definition) is 6. The summed E-state index contributed by atoms with van der Waals surface area (Å²) in [5.41, 5.74) is 1.05. The monoisotopic (exact) mass is 367 g/mol. The van der Waals surface area contributed by atoms with E-state index in [1.54, 1.807) is 31.4 Å². The van der Waals surface area contributed by atoms with Crippen LogP contribution in [-0.2, 0) is 11.2 Å². The van der Waals surface area contributed by atoms with Gasteiger partial charge in [0.25, 0.3) is 0 Å². The van der Waals surface area contributed by atoms with Gasteiger partial charge in [0.1, 0.15) is 5.75 Å². The number of para-hydroxylation sites is 1. The van der Waals surface area contributed by atoms with Crippen molar-refractivity contribution < 1.29 is 24.0 Å². The van der Waals surface area contributed by atoms with Gasteiger partial charge in [-0.1, -0.05) is 17.3 Å². The average molecular weight is 367 g/mol. The van der Waals surface area contributed by atoms with Crippen LogP contribution in [0.5, 0.6) is 5.75 Å². The highest BCUT2D eigenvalue weighted by molar-refractivity contribution is 6.00. The summed E-state index contributed by atoms with van der Waals surface area (Å²) in [7, 11) is 1.58. The molecule has 1 heterocycles. The first kappa shape index (κ1) is 18.1. The molecule has 0 saturated heterocycles. The van der Waals surface area contributed by atoms with E-state index in [-0.39, 0.29) is 30.0 Å². The Morgan fingerprint density at radius 3 is 2.59 bits per heavy atom. The number of carbonyl (C=O) groups excluding carboxylic acids is 1. The van der Waals surface area contributed by atoms with Gasteiger partial charge in [0, 0.05) is 18.4 Å². The number of nitrogens with one attached hydrogen (secondary N) is 1. The van der Waals surface area contributed by atoms with Crippen LogP contribution in [0, 0.1) is 0 Å². The molecule has 0 atom stereocenters. The summed E-state index contributed by atoms with van der Waals surface area (Å²) in [5.74, 6) is 0.0207. The number of aryl methyl sites for hydroxylation is 1. The van der Waals surface area contributed by atoms with E-state index >= 15 is 0 Å². The fraction of sp³-hybridized carbons (Fsp3) is 0.158. The van der Waals surface area contributed by atoms with Crippen LogP contribution in [-0.4, -0.2) is 34.2 Å². The van der Waals surface area contributed by atoms with Crippen molar-refractivity contribution in [3.63, 3.8) is 0 Å². The summed E-state index contributed by atoms with van der Waals surface area (Å²) in [6.07, 6.45) is 0.322. The molecule has 2 N–H and O–H groups in total. The van der Waals surface area contributed by atoms with Gasteiger partial charge < -0.3 is 19.7 Å². The molecule has 0 aliphatic rings. The summed E-state index contributed by atoms with van der Waals surface area (Å²) < 4.78 is 10.3. The zero-order valence-corrected chi connectivity index (χ0v) is 14.5. The Hall–Kier alpha value is -3.68. The predicted octanol–water partition coefficient (Wildman–Crippen LogP) is 3.01. The van der Waals surface area contributed by atoms with Crippen LogP contribution in [0.15, 0.2) is 53.1 Å². The fourth-order valence-electron chi connectivity index (χ4n) is 2.43. The smallest absolute Gasteiger partial charge is 0.337 e. The van der Waals surface area contributed by atoms with E-state index in [1.165, 1.54) is 12.1 Å². The number of hydrogen-bond donors (Lipinski definition) is 2.